The lowest BCUT2D eigenvalue weighted by molar-refractivity contribution is -0.164. The fourth-order valence-corrected chi connectivity index (χ4v) is 8.38. The molecule has 0 N–H and O–H groups in total. The first-order chi connectivity index (χ1) is 14.2. The van der Waals surface area contributed by atoms with Gasteiger partial charge in [0, 0.05) is 24.5 Å². The molecular formula is C26H36ClNO2. The first-order valence-corrected chi connectivity index (χ1v) is 12.3. The Kier molecular flexibility index (Phi) is 4.93. The van der Waals surface area contributed by atoms with Crippen LogP contribution in [0.3, 0.4) is 0 Å². The number of nitrogens with zero attached hydrogens (tertiary/aromatic N) is 1. The second-order valence-electron chi connectivity index (χ2n) is 11.4. The number of hydrogen-bond acceptors (Lipinski definition) is 2. The molecule has 1 aromatic rings. The Balaban J connectivity index is 1.39. The zero-order chi connectivity index (χ0) is 21.3. The minimum absolute atomic E-state index is 0.274. The number of carbonyl (C=O) groups is 1. The van der Waals surface area contributed by atoms with Gasteiger partial charge < -0.3 is 9.64 Å². The number of likely N-dealkylation sites (tertiary alicyclic amines) is 1. The van der Waals surface area contributed by atoms with Crippen molar-refractivity contribution >= 4 is 17.5 Å². The summed E-state index contributed by atoms with van der Waals surface area (Å²) in [7, 11) is 2.05. The molecule has 3 nitrogen and oxygen atoms in total. The van der Waals surface area contributed by atoms with E-state index in [0.29, 0.717) is 29.4 Å². The highest BCUT2D eigenvalue weighted by atomic mass is 35.5. The molecular weight excluding hydrogens is 394 g/mol. The molecule has 1 aliphatic heterocycles. The Labute approximate surface area is 186 Å². The number of ether oxygens (including phenoxy) is 1. The third-order valence-corrected chi connectivity index (χ3v) is 10.0. The number of rotatable bonds is 2. The first kappa shape index (κ1) is 20.7. The van der Waals surface area contributed by atoms with Crippen LogP contribution in [-0.4, -0.2) is 30.0 Å². The van der Waals surface area contributed by atoms with E-state index in [1.54, 1.807) is 0 Å². The van der Waals surface area contributed by atoms with E-state index >= 15 is 0 Å². The van der Waals surface area contributed by atoms with Crippen LogP contribution in [0.2, 0.25) is 5.02 Å². The monoisotopic (exact) mass is 429 g/mol. The van der Waals surface area contributed by atoms with Crippen molar-refractivity contribution in [2.75, 3.05) is 7.05 Å². The minimum Gasteiger partial charge on any atom is -0.490 e. The summed E-state index contributed by atoms with van der Waals surface area (Å²) in [5.74, 6) is 4.17. The SMILES string of the molecule is CC1CC2N(C)C(=O)CC[C@]2(C)C2CC[C@]3(C)C[C@@H](Oc4ccc(Cl)cc4)CC3C12. The number of hydrogen-bond donors (Lipinski definition) is 0. The van der Waals surface area contributed by atoms with Gasteiger partial charge in [-0.1, -0.05) is 32.4 Å². The van der Waals surface area contributed by atoms with Crippen LogP contribution < -0.4 is 4.74 Å². The van der Waals surface area contributed by atoms with E-state index in [0.717, 1.165) is 54.2 Å². The van der Waals surface area contributed by atoms with Crippen LogP contribution in [0, 0.1) is 34.5 Å². The van der Waals surface area contributed by atoms with E-state index in [4.69, 9.17) is 16.3 Å². The van der Waals surface area contributed by atoms with Gasteiger partial charge in [-0.2, -0.15) is 0 Å². The number of piperidine rings is 1. The smallest absolute Gasteiger partial charge is 0.222 e. The third-order valence-electron chi connectivity index (χ3n) is 9.78. The Morgan fingerprint density at radius 3 is 2.57 bits per heavy atom. The third kappa shape index (κ3) is 3.10. The van der Waals surface area contributed by atoms with Gasteiger partial charge in [0.2, 0.25) is 5.91 Å². The maximum Gasteiger partial charge on any atom is 0.222 e. The minimum atomic E-state index is 0.274. The summed E-state index contributed by atoms with van der Waals surface area (Å²) < 4.78 is 6.45. The zero-order valence-corrected chi connectivity index (χ0v) is 19.6. The van der Waals surface area contributed by atoms with Gasteiger partial charge >= 0.3 is 0 Å². The second kappa shape index (κ2) is 7.15. The van der Waals surface area contributed by atoms with Gasteiger partial charge in [-0.25, -0.2) is 0 Å². The van der Waals surface area contributed by atoms with Crippen LogP contribution in [0.25, 0.3) is 0 Å². The fraction of sp³-hybridized carbons (Fsp3) is 0.731. The number of benzene rings is 1. The van der Waals surface area contributed by atoms with Gasteiger partial charge in [0.05, 0.1) is 6.10 Å². The molecule has 0 radical (unpaired) electrons. The summed E-state index contributed by atoms with van der Waals surface area (Å²) >= 11 is 6.05. The van der Waals surface area contributed by atoms with Crippen LogP contribution >= 0.6 is 11.6 Å². The van der Waals surface area contributed by atoms with Gasteiger partial charge in [0.1, 0.15) is 5.75 Å². The summed E-state index contributed by atoms with van der Waals surface area (Å²) in [5, 5.41) is 0.756. The standard InChI is InChI=1S/C26H36ClNO2/c1-16-13-22-26(3,12-10-23(29)28(22)4)20-9-11-25(2)15-19(14-21(25)24(16)20)30-18-7-5-17(27)6-8-18/h5-8,16,19-22,24H,9-15H2,1-4H3/t16?,19-,20?,21?,22?,24?,25+,26+/m0/s1. The Bertz CT molecular complexity index is 825. The van der Waals surface area contributed by atoms with Crippen molar-refractivity contribution in [3.8, 4) is 5.75 Å². The van der Waals surface area contributed by atoms with Crippen molar-refractivity contribution < 1.29 is 9.53 Å². The molecule has 4 aliphatic rings. The first-order valence-electron chi connectivity index (χ1n) is 11.9. The predicted octanol–water partition coefficient (Wildman–Crippen LogP) is 6.20. The summed E-state index contributed by atoms with van der Waals surface area (Å²) in [4.78, 5) is 14.5. The van der Waals surface area contributed by atoms with Crippen LogP contribution in [0.15, 0.2) is 24.3 Å². The van der Waals surface area contributed by atoms with Crippen LogP contribution in [0.5, 0.6) is 5.75 Å². The van der Waals surface area contributed by atoms with Crippen molar-refractivity contribution in [2.45, 2.75) is 77.9 Å². The summed E-state index contributed by atoms with van der Waals surface area (Å²) in [6, 6.07) is 8.25. The normalized spacial score (nSPS) is 45.5. The molecule has 30 heavy (non-hydrogen) atoms. The van der Waals surface area contributed by atoms with Gasteiger partial charge in [-0.3, -0.25) is 4.79 Å². The molecule has 5 rings (SSSR count). The van der Waals surface area contributed by atoms with Crippen molar-refractivity contribution in [2.24, 2.45) is 34.5 Å². The Morgan fingerprint density at radius 2 is 1.83 bits per heavy atom. The number of carbonyl (C=O) groups excluding carboxylic acids is 1. The molecule has 1 saturated heterocycles. The average molecular weight is 430 g/mol. The van der Waals surface area contributed by atoms with Crippen molar-refractivity contribution in [3.63, 3.8) is 0 Å². The van der Waals surface area contributed by atoms with Crippen molar-refractivity contribution in [1.29, 1.82) is 0 Å². The maximum atomic E-state index is 12.4. The molecule has 1 heterocycles. The van der Waals surface area contributed by atoms with Gasteiger partial charge in [-0.05, 0) is 97.3 Å². The summed E-state index contributed by atoms with van der Waals surface area (Å²) in [5.41, 5.74) is 0.655. The van der Waals surface area contributed by atoms with Crippen LogP contribution in [0.1, 0.15) is 65.7 Å². The lowest BCUT2D eigenvalue weighted by atomic mass is 9.45. The van der Waals surface area contributed by atoms with Crippen LogP contribution in [0.4, 0.5) is 0 Å². The number of halogens is 1. The molecule has 1 amide bonds. The van der Waals surface area contributed by atoms with Gasteiger partial charge in [0.25, 0.3) is 0 Å². The van der Waals surface area contributed by atoms with E-state index in [1.165, 1.54) is 19.3 Å². The van der Waals surface area contributed by atoms with E-state index in [-0.39, 0.29) is 5.41 Å². The molecule has 0 bridgehead atoms. The van der Waals surface area contributed by atoms with Crippen LogP contribution in [-0.2, 0) is 4.79 Å². The summed E-state index contributed by atoms with van der Waals surface area (Å²) in [6.07, 6.45) is 8.20. The lowest BCUT2D eigenvalue weighted by Gasteiger charge is -2.63. The Hall–Kier alpha value is -1.22. The van der Waals surface area contributed by atoms with Gasteiger partial charge in [-0.15, -0.1) is 0 Å². The van der Waals surface area contributed by atoms with E-state index in [2.05, 4.69) is 32.7 Å². The molecule has 5 unspecified atom stereocenters. The lowest BCUT2D eigenvalue weighted by Crippen LogP contribution is -2.62. The highest BCUT2D eigenvalue weighted by Crippen LogP contribution is 2.66. The molecule has 3 aliphatic carbocycles. The topological polar surface area (TPSA) is 29.5 Å². The highest BCUT2D eigenvalue weighted by Gasteiger charge is 2.62. The van der Waals surface area contributed by atoms with E-state index in [9.17, 15) is 4.79 Å². The highest BCUT2D eigenvalue weighted by molar-refractivity contribution is 6.30. The molecule has 1 aromatic carbocycles. The molecule has 0 spiro atoms. The van der Waals surface area contributed by atoms with Gasteiger partial charge in [0.15, 0.2) is 0 Å². The summed E-state index contributed by atoms with van der Waals surface area (Å²) in [6.45, 7) is 7.49. The quantitative estimate of drug-likeness (QED) is 0.560. The van der Waals surface area contributed by atoms with E-state index in [1.807, 2.05) is 24.3 Å². The Morgan fingerprint density at radius 1 is 1.10 bits per heavy atom. The molecule has 0 aromatic heterocycles. The predicted molar refractivity (Wildman–Crippen MR) is 121 cm³/mol. The van der Waals surface area contributed by atoms with Crippen molar-refractivity contribution in [1.82, 2.24) is 4.90 Å². The maximum absolute atomic E-state index is 12.4. The molecule has 4 heteroatoms. The second-order valence-corrected chi connectivity index (χ2v) is 11.8. The van der Waals surface area contributed by atoms with Crippen molar-refractivity contribution in [3.05, 3.63) is 29.3 Å². The average Bonchev–Trinajstić information content (AvgIpc) is 3.04. The van der Waals surface area contributed by atoms with E-state index < -0.39 is 0 Å². The molecule has 8 atom stereocenters. The molecule has 164 valence electrons. The zero-order valence-electron chi connectivity index (χ0n) is 18.9. The number of amides is 1. The number of fused-ring (bicyclic) bond motifs is 5. The largest absolute Gasteiger partial charge is 0.490 e. The molecule has 4 fully saturated rings. The fourth-order valence-electron chi connectivity index (χ4n) is 8.25. The molecule has 3 saturated carbocycles.